The monoisotopic (exact) mass is 694 g/mol. The van der Waals surface area contributed by atoms with Gasteiger partial charge in [-0.3, -0.25) is 24.2 Å². The number of oxime groups is 1. The Bertz CT molecular complexity index is 1610. The zero-order valence-electron chi connectivity index (χ0n) is 28.2. The highest BCUT2D eigenvalue weighted by molar-refractivity contribution is 6.38. The molecule has 2 fully saturated rings. The molecule has 1 aromatic carbocycles. The Hall–Kier alpha value is -4.52. The van der Waals surface area contributed by atoms with Crippen molar-refractivity contribution in [3.8, 4) is 0 Å². The molecule has 262 valence electrons. The third-order valence-corrected chi connectivity index (χ3v) is 9.06. The summed E-state index contributed by atoms with van der Waals surface area (Å²) in [5.41, 5.74) is 0.212. The zero-order chi connectivity index (χ0) is 35.3. The number of ether oxygens (including phenoxy) is 1. The number of hydrogen-bond acceptors (Lipinski definition) is 9. The van der Waals surface area contributed by atoms with Crippen molar-refractivity contribution in [3.63, 3.8) is 0 Å². The molecule has 1 saturated heterocycles. The summed E-state index contributed by atoms with van der Waals surface area (Å²) >= 11 is 6.23. The van der Waals surface area contributed by atoms with E-state index in [1.165, 1.54) is 4.90 Å². The number of benzene rings is 1. The lowest BCUT2D eigenvalue weighted by atomic mass is 9.85. The lowest BCUT2D eigenvalue weighted by molar-refractivity contribution is -0.144. The topological polar surface area (TPSA) is 168 Å². The van der Waals surface area contributed by atoms with Crippen LogP contribution in [-0.2, 0) is 35.4 Å². The van der Waals surface area contributed by atoms with E-state index in [2.05, 4.69) is 26.1 Å². The van der Waals surface area contributed by atoms with E-state index in [1.54, 1.807) is 63.5 Å². The summed E-state index contributed by atoms with van der Waals surface area (Å²) in [7, 11) is 0. The quantitative estimate of drug-likeness (QED) is 0.283. The molecule has 4 atom stereocenters. The van der Waals surface area contributed by atoms with Crippen LogP contribution in [0, 0.1) is 5.41 Å². The van der Waals surface area contributed by atoms with Gasteiger partial charge in [0.15, 0.2) is 5.60 Å². The maximum atomic E-state index is 14.5. The maximum Gasteiger partial charge on any atom is 0.408 e. The van der Waals surface area contributed by atoms with Crippen LogP contribution in [0.25, 0.3) is 0 Å². The van der Waals surface area contributed by atoms with E-state index in [0.29, 0.717) is 17.2 Å². The normalized spacial score (nSPS) is 21.3. The van der Waals surface area contributed by atoms with Crippen LogP contribution in [0.2, 0.25) is 5.02 Å². The molecule has 3 aliphatic rings. The predicted octanol–water partition coefficient (Wildman–Crippen LogP) is 3.67. The summed E-state index contributed by atoms with van der Waals surface area (Å²) in [6.07, 6.45) is 5.08. The lowest BCUT2D eigenvalue weighted by Gasteiger charge is -2.35. The lowest BCUT2D eigenvalue weighted by Crippen LogP contribution is -2.59. The van der Waals surface area contributed by atoms with Crippen LogP contribution in [0.1, 0.15) is 77.3 Å². The van der Waals surface area contributed by atoms with Crippen molar-refractivity contribution in [2.45, 2.75) is 103 Å². The van der Waals surface area contributed by atoms with Gasteiger partial charge in [-0.25, -0.2) is 4.79 Å². The number of ketones is 1. The summed E-state index contributed by atoms with van der Waals surface area (Å²) in [5.74, 6) is -2.61. The van der Waals surface area contributed by atoms with Gasteiger partial charge in [0.1, 0.15) is 18.7 Å². The van der Waals surface area contributed by atoms with Crippen LogP contribution in [0.4, 0.5) is 4.79 Å². The Kier molecular flexibility index (Phi) is 10.9. The van der Waals surface area contributed by atoms with E-state index in [0.717, 1.165) is 24.0 Å². The van der Waals surface area contributed by atoms with Crippen LogP contribution >= 0.6 is 11.6 Å². The average molecular weight is 695 g/mol. The maximum absolute atomic E-state index is 14.5. The van der Waals surface area contributed by atoms with Gasteiger partial charge in [-0.05, 0) is 54.5 Å². The number of rotatable bonds is 12. The standard InChI is InChI=1S/C35H43ClN6O7/c1-5-7-25(28(43)31(45)38-24-10-11-24)39-30(44)27-18-35(17-26(41-49-35)22-8-6-9-23(36)16-22)20-42(27)32(46)29(34(2,3)4)40-33(47)48-19-21-12-14-37-15-13-21/h6,8-9,12-16,24-25,27,29H,5,7,10-11,17-20H2,1-4H3,(H,38,45)(H,39,44)(H,40,47)/t25-,27-,29+,35+/m0/s1. The second-order valence-corrected chi connectivity index (χ2v) is 14.5. The van der Waals surface area contributed by atoms with Crippen molar-refractivity contribution < 1.29 is 33.5 Å². The number of amides is 4. The number of halogens is 1. The van der Waals surface area contributed by atoms with Gasteiger partial charge in [0.05, 0.1) is 18.3 Å². The summed E-state index contributed by atoms with van der Waals surface area (Å²) in [5, 5.41) is 13.0. The molecular weight excluding hydrogens is 652 g/mol. The SMILES string of the molecule is CCC[C@H](NC(=O)[C@@H]1C[C@]2(CC(c3cccc(Cl)c3)=NO2)CN1C(=O)[C@@H](NC(=O)OCc1ccncc1)C(C)(C)C)C(=O)C(=O)NC1CC1. The summed E-state index contributed by atoms with van der Waals surface area (Å²) in [6.45, 7) is 7.17. The van der Waals surface area contributed by atoms with E-state index in [4.69, 9.17) is 21.2 Å². The van der Waals surface area contributed by atoms with E-state index in [1.807, 2.05) is 13.0 Å². The number of nitrogens with zero attached hydrogens (tertiary/aromatic N) is 3. The fourth-order valence-electron chi connectivity index (χ4n) is 6.02. The van der Waals surface area contributed by atoms with Gasteiger partial charge < -0.3 is 30.4 Å². The van der Waals surface area contributed by atoms with Gasteiger partial charge in [-0.2, -0.15) is 0 Å². The Labute approximate surface area is 290 Å². The van der Waals surface area contributed by atoms with Gasteiger partial charge in [0.2, 0.25) is 17.6 Å². The van der Waals surface area contributed by atoms with Crippen molar-refractivity contribution in [1.82, 2.24) is 25.8 Å². The van der Waals surface area contributed by atoms with Gasteiger partial charge in [-0.15, -0.1) is 0 Å². The Morgan fingerprint density at radius 1 is 1.10 bits per heavy atom. The fraction of sp³-hybridized carbons (Fsp3) is 0.514. The Balaban J connectivity index is 1.38. The van der Waals surface area contributed by atoms with E-state index in [9.17, 15) is 24.0 Å². The summed E-state index contributed by atoms with van der Waals surface area (Å²) < 4.78 is 5.41. The van der Waals surface area contributed by atoms with Crippen LogP contribution in [0.5, 0.6) is 0 Å². The molecule has 3 N–H and O–H groups in total. The van der Waals surface area contributed by atoms with E-state index in [-0.39, 0.29) is 38.5 Å². The largest absolute Gasteiger partial charge is 0.445 e. The van der Waals surface area contributed by atoms with Crippen LogP contribution in [0.15, 0.2) is 53.9 Å². The molecule has 14 heteroatoms. The van der Waals surface area contributed by atoms with Gasteiger partial charge in [-0.1, -0.05) is 63.0 Å². The number of hydrogen-bond donors (Lipinski definition) is 3. The first-order valence-electron chi connectivity index (χ1n) is 16.6. The number of pyridine rings is 1. The Morgan fingerprint density at radius 3 is 2.49 bits per heavy atom. The van der Waals surface area contributed by atoms with Gasteiger partial charge in [0, 0.05) is 41.9 Å². The van der Waals surface area contributed by atoms with Crippen molar-refractivity contribution in [2.24, 2.45) is 10.6 Å². The zero-order valence-corrected chi connectivity index (χ0v) is 28.9. The van der Waals surface area contributed by atoms with Crippen molar-refractivity contribution >= 4 is 46.9 Å². The first-order chi connectivity index (χ1) is 23.3. The minimum absolute atomic E-state index is 0.0215. The van der Waals surface area contributed by atoms with Gasteiger partial charge in [0.25, 0.3) is 5.91 Å². The molecule has 2 aliphatic heterocycles. The molecule has 1 spiro atoms. The van der Waals surface area contributed by atoms with Crippen molar-refractivity contribution in [2.75, 3.05) is 6.54 Å². The minimum atomic E-state index is -1.10. The van der Waals surface area contributed by atoms with Crippen LogP contribution in [0.3, 0.4) is 0 Å². The molecule has 5 rings (SSSR count). The molecule has 49 heavy (non-hydrogen) atoms. The number of alkyl carbamates (subject to hydrolysis) is 1. The van der Waals surface area contributed by atoms with Gasteiger partial charge >= 0.3 is 6.09 Å². The number of aromatic nitrogens is 1. The smallest absolute Gasteiger partial charge is 0.408 e. The number of likely N-dealkylation sites (tertiary alicyclic amines) is 1. The molecule has 0 bridgehead atoms. The average Bonchev–Trinajstić information content (AvgIpc) is 3.66. The van der Waals surface area contributed by atoms with Crippen LogP contribution in [-0.4, -0.2) is 81.5 Å². The second-order valence-electron chi connectivity index (χ2n) is 14.0. The highest BCUT2D eigenvalue weighted by Crippen LogP contribution is 2.40. The minimum Gasteiger partial charge on any atom is -0.445 e. The number of nitrogens with one attached hydrogen (secondary N) is 3. The fourth-order valence-corrected chi connectivity index (χ4v) is 6.21. The molecule has 13 nitrogen and oxygen atoms in total. The third kappa shape index (κ3) is 8.94. The highest BCUT2D eigenvalue weighted by atomic mass is 35.5. The molecule has 0 unspecified atom stereocenters. The van der Waals surface area contributed by atoms with E-state index >= 15 is 0 Å². The van der Waals surface area contributed by atoms with Crippen LogP contribution < -0.4 is 16.0 Å². The number of carbonyl (C=O) groups excluding carboxylic acids is 5. The van der Waals surface area contributed by atoms with Crippen molar-refractivity contribution in [1.29, 1.82) is 0 Å². The summed E-state index contributed by atoms with van der Waals surface area (Å²) in [6, 6.07) is 7.26. The third-order valence-electron chi connectivity index (χ3n) is 8.82. The molecule has 1 aliphatic carbocycles. The molecule has 2 aromatic rings. The molecule has 0 radical (unpaired) electrons. The second kappa shape index (κ2) is 14.9. The highest BCUT2D eigenvalue weighted by Gasteiger charge is 2.55. The molecule has 1 saturated carbocycles. The predicted molar refractivity (Wildman–Crippen MR) is 180 cm³/mol. The number of carbonyl (C=O) groups is 5. The van der Waals surface area contributed by atoms with E-state index < -0.39 is 58.7 Å². The Morgan fingerprint density at radius 2 is 1.84 bits per heavy atom. The molecule has 1 aromatic heterocycles. The molecule has 3 heterocycles. The first-order valence-corrected chi connectivity index (χ1v) is 16.9. The molecular formula is C35H43ClN6O7. The first kappa shape index (κ1) is 35.8. The summed E-state index contributed by atoms with van der Waals surface area (Å²) in [4.78, 5) is 78.7. The molecule has 4 amide bonds. The number of Topliss-reactive ketones (excluding diaryl/α,β-unsaturated/α-hetero) is 1. The van der Waals surface area contributed by atoms with Crippen molar-refractivity contribution in [3.05, 3.63) is 64.9 Å².